The van der Waals surface area contributed by atoms with E-state index in [1.54, 1.807) is 22.5 Å². The molecule has 1 saturated heterocycles. The summed E-state index contributed by atoms with van der Waals surface area (Å²) in [5.41, 5.74) is 2.62. The SMILES string of the molecule is COc1ccc(S(=O)(=O)N2CCCCC2)cc1NCC(=O)N1c2ccccc2CCC1C. The molecular weight excluding hydrogens is 426 g/mol. The van der Waals surface area contributed by atoms with Gasteiger partial charge in [0.2, 0.25) is 15.9 Å². The predicted octanol–water partition coefficient (Wildman–Crippen LogP) is 3.65. The molecule has 2 aliphatic rings. The summed E-state index contributed by atoms with van der Waals surface area (Å²) in [5.74, 6) is 0.443. The number of nitrogens with one attached hydrogen (secondary N) is 1. The fourth-order valence-corrected chi connectivity index (χ4v) is 6.11. The number of methoxy groups -OCH3 is 1. The van der Waals surface area contributed by atoms with Gasteiger partial charge in [-0.2, -0.15) is 4.31 Å². The van der Waals surface area contributed by atoms with Crippen LogP contribution in [0.3, 0.4) is 0 Å². The van der Waals surface area contributed by atoms with Crippen LogP contribution in [0.15, 0.2) is 47.4 Å². The number of aryl methyl sites for hydroxylation is 1. The van der Waals surface area contributed by atoms with E-state index < -0.39 is 10.0 Å². The first kappa shape index (κ1) is 22.6. The van der Waals surface area contributed by atoms with Gasteiger partial charge in [-0.25, -0.2) is 8.42 Å². The van der Waals surface area contributed by atoms with E-state index in [2.05, 4.69) is 18.3 Å². The number of para-hydroxylation sites is 1. The lowest BCUT2D eigenvalue weighted by molar-refractivity contribution is -0.117. The Bertz CT molecular complexity index is 1080. The van der Waals surface area contributed by atoms with E-state index in [0.717, 1.165) is 37.8 Å². The Balaban J connectivity index is 1.54. The molecule has 32 heavy (non-hydrogen) atoms. The van der Waals surface area contributed by atoms with Gasteiger partial charge in [-0.3, -0.25) is 4.79 Å². The van der Waals surface area contributed by atoms with Crippen molar-refractivity contribution in [1.29, 1.82) is 0 Å². The van der Waals surface area contributed by atoms with Crippen LogP contribution in [-0.4, -0.2) is 51.4 Å². The number of rotatable bonds is 6. The van der Waals surface area contributed by atoms with Crippen molar-refractivity contribution in [3.05, 3.63) is 48.0 Å². The Morgan fingerprint density at radius 1 is 1.12 bits per heavy atom. The zero-order valence-electron chi connectivity index (χ0n) is 18.7. The molecule has 8 heteroatoms. The molecule has 0 aliphatic carbocycles. The quantitative estimate of drug-likeness (QED) is 0.716. The third-order valence-corrected chi connectivity index (χ3v) is 8.24. The first-order valence-electron chi connectivity index (χ1n) is 11.2. The number of ether oxygens (including phenoxy) is 1. The van der Waals surface area contributed by atoms with Gasteiger partial charge in [0.25, 0.3) is 0 Å². The van der Waals surface area contributed by atoms with Crippen LogP contribution in [0.1, 0.15) is 38.2 Å². The van der Waals surface area contributed by atoms with Crippen molar-refractivity contribution in [2.24, 2.45) is 0 Å². The average molecular weight is 458 g/mol. The van der Waals surface area contributed by atoms with Crippen molar-refractivity contribution in [1.82, 2.24) is 4.31 Å². The predicted molar refractivity (Wildman–Crippen MR) is 126 cm³/mol. The van der Waals surface area contributed by atoms with Crippen LogP contribution >= 0.6 is 0 Å². The summed E-state index contributed by atoms with van der Waals surface area (Å²) in [6.45, 7) is 3.19. The zero-order chi connectivity index (χ0) is 22.7. The van der Waals surface area contributed by atoms with Gasteiger partial charge in [0, 0.05) is 24.8 Å². The number of hydrogen-bond acceptors (Lipinski definition) is 5. The second kappa shape index (κ2) is 9.50. The molecule has 2 aromatic carbocycles. The normalized spacial score (nSPS) is 19.3. The second-order valence-electron chi connectivity index (χ2n) is 8.46. The molecule has 2 aliphatic heterocycles. The first-order valence-corrected chi connectivity index (χ1v) is 12.7. The fraction of sp³-hybridized carbons (Fsp3) is 0.458. The molecule has 0 bridgehead atoms. The van der Waals surface area contributed by atoms with Crippen LogP contribution in [0.4, 0.5) is 11.4 Å². The lowest BCUT2D eigenvalue weighted by Gasteiger charge is -2.35. The minimum atomic E-state index is -3.57. The minimum absolute atomic E-state index is 0.0439. The number of piperidine rings is 1. The van der Waals surface area contributed by atoms with Crippen molar-refractivity contribution >= 4 is 27.3 Å². The highest BCUT2D eigenvalue weighted by Gasteiger charge is 2.29. The summed E-state index contributed by atoms with van der Waals surface area (Å²) in [6, 6.07) is 12.9. The Hall–Kier alpha value is -2.58. The van der Waals surface area contributed by atoms with Crippen LogP contribution in [0.2, 0.25) is 0 Å². The minimum Gasteiger partial charge on any atom is -0.495 e. The number of sulfonamides is 1. The maximum atomic E-state index is 13.2. The summed E-state index contributed by atoms with van der Waals surface area (Å²) in [6.07, 6.45) is 4.69. The number of amides is 1. The zero-order valence-corrected chi connectivity index (χ0v) is 19.5. The van der Waals surface area contributed by atoms with Gasteiger partial charge in [0.1, 0.15) is 5.75 Å². The number of nitrogens with zero attached hydrogens (tertiary/aromatic N) is 2. The molecule has 1 amide bonds. The van der Waals surface area contributed by atoms with Crippen LogP contribution in [0.25, 0.3) is 0 Å². The third kappa shape index (κ3) is 4.47. The number of benzene rings is 2. The lowest BCUT2D eigenvalue weighted by atomic mass is 9.96. The van der Waals surface area contributed by atoms with Gasteiger partial charge in [0.15, 0.2) is 0 Å². The number of carbonyl (C=O) groups is 1. The van der Waals surface area contributed by atoms with E-state index in [4.69, 9.17) is 4.74 Å². The lowest BCUT2D eigenvalue weighted by Crippen LogP contribution is -2.44. The van der Waals surface area contributed by atoms with E-state index >= 15 is 0 Å². The Kier molecular flexibility index (Phi) is 6.71. The van der Waals surface area contributed by atoms with E-state index in [9.17, 15) is 13.2 Å². The van der Waals surface area contributed by atoms with Gasteiger partial charge in [-0.05, 0) is 62.4 Å². The Morgan fingerprint density at radius 2 is 1.88 bits per heavy atom. The van der Waals surface area contributed by atoms with E-state index in [0.29, 0.717) is 24.5 Å². The molecule has 1 atom stereocenters. The van der Waals surface area contributed by atoms with E-state index in [1.807, 2.05) is 23.1 Å². The van der Waals surface area contributed by atoms with E-state index in [1.165, 1.54) is 12.7 Å². The van der Waals surface area contributed by atoms with Crippen molar-refractivity contribution in [2.75, 3.05) is 37.0 Å². The van der Waals surface area contributed by atoms with E-state index in [-0.39, 0.29) is 23.4 Å². The number of anilines is 2. The topological polar surface area (TPSA) is 79.0 Å². The van der Waals surface area contributed by atoms with Crippen LogP contribution in [0.5, 0.6) is 5.75 Å². The molecule has 2 aromatic rings. The molecule has 0 saturated carbocycles. The molecular formula is C24H31N3O4S. The van der Waals surface area contributed by atoms with Gasteiger partial charge >= 0.3 is 0 Å². The molecule has 0 spiro atoms. The van der Waals surface area contributed by atoms with Gasteiger partial charge < -0.3 is 15.0 Å². The molecule has 1 N–H and O–H groups in total. The fourth-order valence-electron chi connectivity index (χ4n) is 4.56. The number of carbonyl (C=O) groups excluding carboxylic acids is 1. The maximum absolute atomic E-state index is 13.2. The number of fused-ring (bicyclic) bond motifs is 1. The second-order valence-corrected chi connectivity index (χ2v) is 10.4. The summed E-state index contributed by atoms with van der Waals surface area (Å²) in [5, 5.41) is 3.13. The van der Waals surface area contributed by atoms with Gasteiger partial charge in [0.05, 0.1) is 24.2 Å². The summed E-state index contributed by atoms with van der Waals surface area (Å²) >= 11 is 0. The highest BCUT2D eigenvalue weighted by atomic mass is 32.2. The van der Waals surface area contributed by atoms with Crippen molar-refractivity contribution in [2.45, 2.75) is 50.0 Å². The molecule has 1 unspecified atom stereocenters. The molecule has 1 fully saturated rings. The largest absolute Gasteiger partial charge is 0.495 e. The monoisotopic (exact) mass is 457 g/mol. The van der Waals surface area contributed by atoms with Crippen molar-refractivity contribution in [3.8, 4) is 5.75 Å². The molecule has 0 aromatic heterocycles. The summed E-state index contributed by atoms with van der Waals surface area (Å²) in [7, 11) is -2.04. The van der Waals surface area contributed by atoms with Gasteiger partial charge in [-0.1, -0.05) is 24.6 Å². The number of hydrogen-bond donors (Lipinski definition) is 1. The molecule has 4 rings (SSSR count). The van der Waals surface area contributed by atoms with Gasteiger partial charge in [-0.15, -0.1) is 0 Å². The summed E-state index contributed by atoms with van der Waals surface area (Å²) in [4.78, 5) is 15.2. The van der Waals surface area contributed by atoms with Crippen LogP contribution in [-0.2, 0) is 21.2 Å². The van der Waals surface area contributed by atoms with Crippen molar-refractivity contribution in [3.63, 3.8) is 0 Å². The Labute approximate surface area is 190 Å². The average Bonchev–Trinajstić information content (AvgIpc) is 2.82. The first-order chi connectivity index (χ1) is 15.4. The van der Waals surface area contributed by atoms with Crippen LogP contribution < -0.4 is 15.0 Å². The van der Waals surface area contributed by atoms with Crippen LogP contribution in [0, 0.1) is 0 Å². The Morgan fingerprint density at radius 3 is 2.62 bits per heavy atom. The maximum Gasteiger partial charge on any atom is 0.246 e. The summed E-state index contributed by atoms with van der Waals surface area (Å²) < 4.78 is 33.1. The standard InChI is InChI=1S/C24H31N3O4S/c1-18-10-11-19-8-4-5-9-22(19)27(18)24(28)17-25-21-16-20(12-13-23(21)31-2)32(29,30)26-14-6-3-7-15-26/h4-5,8-9,12-13,16,18,25H,3,6-7,10-11,14-15,17H2,1-2H3. The smallest absolute Gasteiger partial charge is 0.246 e. The highest BCUT2D eigenvalue weighted by Crippen LogP contribution is 2.32. The molecule has 7 nitrogen and oxygen atoms in total. The van der Waals surface area contributed by atoms with Crippen molar-refractivity contribution < 1.29 is 17.9 Å². The third-order valence-electron chi connectivity index (χ3n) is 6.35. The highest BCUT2D eigenvalue weighted by molar-refractivity contribution is 7.89. The molecule has 172 valence electrons. The molecule has 2 heterocycles. The molecule has 0 radical (unpaired) electrons.